The van der Waals surface area contributed by atoms with Crippen molar-refractivity contribution in [3.05, 3.63) is 23.3 Å². The summed E-state index contributed by atoms with van der Waals surface area (Å²) in [5.41, 5.74) is 2.35. The Morgan fingerprint density at radius 2 is 1.58 bits per heavy atom. The minimum atomic E-state index is -2.70. The Kier molecular flexibility index (Phi) is 10.4. The highest BCUT2D eigenvalue weighted by molar-refractivity contribution is 6.63. The molecule has 24 heavy (non-hydrogen) atoms. The van der Waals surface area contributed by atoms with Crippen LogP contribution in [0.4, 0.5) is 0 Å². The quantitative estimate of drug-likeness (QED) is 0.332. The molecule has 5 nitrogen and oxygen atoms in total. The topological polar surface area (TPSA) is 54.0 Å². The van der Waals surface area contributed by atoms with Gasteiger partial charge in [0.25, 0.3) is 0 Å². The molecule has 0 amide bonds. The maximum Gasteiger partial charge on any atom is 0.506 e. The lowest BCUT2D eigenvalue weighted by Crippen LogP contribution is -2.52. The summed E-state index contributed by atoms with van der Waals surface area (Å²) < 4.78 is 22.2. The van der Waals surface area contributed by atoms with Gasteiger partial charge in [-0.05, 0) is 32.8 Å². The van der Waals surface area contributed by atoms with E-state index >= 15 is 0 Å². The van der Waals surface area contributed by atoms with Gasteiger partial charge in [0.15, 0.2) is 0 Å². The molecule has 0 aromatic heterocycles. The minimum Gasteiger partial charge on any atom is -0.462 e. The number of allylic oxidation sites excluding steroid dienone is 2. The second-order valence-corrected chi connectivity index (χ2v) is 10.7. The molecular formula is C18H34O5Si. The molecule has 0 radical (unpaired) electrons. The molecule has 140 valence electrons. The zero-order valence-electron chi connectivity index (χ0n) is 16.5. The van der Waals surface area contributed by atoms with Crippen LogP contribution < -0.4 is 0 Å². The average molecular weight is 359 g/mol. The maximum atomic E-state index is 10.7. The first-order chi connectivity index (χ1) is 11.1. The Balaban J connectivity index is 4.43. The van der Waals surface area contributed by atoms with E-state index in [1.165, 1.54) is 12.5 Å². The molecular weight excluding hydrogens is 324 g/mol. The first kappa shape index (κ1) is 23.0. The van der Waals surface area contributed by atoms with Gasteiger partial charge in [-0.15, -0.1) is 0 Å². The molecule has 0 saturated carbocycles. The van der Waals surface area contributed by atoms with Gasteiger partial charge < -0.3 is 18.0 Å². The van der Waals surface area contributed by atoms with Crippen LogP contribution in [0.3, 0.4) is 0 Å². The number of hydrogen-bond acceptors (Lipinski definition) is 5. The van der Waals surface area contributed by atoms with Gasteiger partial charge in [0.05, 0.1) is 6.61 Å². The smallest absolute Gasteiger partial charge is 0.462 e. The van der Waals surface area contributed by atoms with E-state index in [1.807, 2.05) is 19.9 Å². The predicted octanol–water partition coefficient (Wildman–Crippen LogP) is 4.27. The van der Waals surface area contributed by atoms with Crippen LogP contribution in [0, 0.1) is 0 Å². The Bertz CT molecular complexity index is 445. The van der Waals surface area contributed by atoms with Crippen molar-refractivity contribution in [1.29, 1.82) is 0 Å². The molecule has 0 saturated heterocycles. The summed E-state index contributed by atoms with van der Waals surface area (Å²) in [5, 5.41) is -0.174. The van der Waals surface area contributed by atoms with Crippen molar-refractivity contribution < 1.29 is 22.8 Å². The molecule has 0 aromatic rings. The van der Waals surface area contributed by atoms with E-state index < -0.39 is 8.80 Å². The van der Waals surface area contributed by atoms with Crippen LogP contribution in [0.25, 0.3) is 0 Å². The largest absolute Gasteiger partial charge is 0.506 e. The SMILES string of the molecule is CO[Si](OC)(OCC(C)=CCCC(C)=CCOC(C)=O)C(C)(C)C. The lowest BCUT2D eigenvalue weighted by atomic mass is 10.1. The van der Waals surface area contributed by atoms with Crippen molar-refractivity contribution in [2.75, 3.05) is 27.4 Å². The second-order valence-electron chi connectivity index (χ2n) is 6.95. The zero-order valence-corrected chi connectivity index (χ0v) is 17.5. The van der Waals surface area contributed by atoms with Crippen LogP contribution in [0.5, 0.6) is 0 Å². The highest BCUT2D eigenvalue weighted by Crippen LogP contribution is 2.37. The molecule has 0 rings (SSSR count). The molecule has 0 bridgehead atoms. The van der Waals surface area contributed by atoms with Crippen LogP contribution in [0.2, 0.25) is 5.04 Å². The van der Waals surface area contributed by atoms with Crippen molar-refractivity contribution in [3.8, 4) is 0 Å². The number of hydrogen-bond donors (Lipinski definition) is 0. The molecule has 0 N–H and O–H groups in total. The van der Waals surface area contributed by atoms with Gasteiger partial charge in [-0.1, -0.05) is 38.0 Å². The first-order valence-electron chi connectivity index (χ1n) is 8.27. The van der Waals surface area contributed by atoms with Crippen LogP contribution >= 0.6 is 0 Å². The van der Waals surface area contributed by atoms with Crippen LogP contribution in [-0.4, -0.2) is 42.2 Å². The molecule has 0 aliphatic carbocycles. The van der Waals surface area contributed by atoms with Crippen molar-refractivity contribution in [2.24, 2.45) is 0 Å². The van der Waals surface area contributed by atoms with E-state index in [-0.39, 0.29) is 11.0 Å². The van der Waals surface area contributed by atoms with Crippen molar-refractivity contribution >= 4 is 14.8 Å². The van der Waals surface area contributed by atoms with Gasteiger partial charge >= 0.3 is 14.8 Å². The molecule has 0 aliphatic rings. The van der Waals surface area contributed by atoms with E-state index in [9.17, 15) is 4.79 Å². The van der Waals surface area contributed by atoms with Crippen LogP contribution in [-0.2, 0) is 22.8 Å². The molecule has 0 spiro atoms. The molecule has 6 heteroatoms. The third-order valence-corrected chi connectivity index (χ3v) is 7.13. The van der Waals surface area contributed by atoms with Gasteiger partial charge in [0, 0.05) is 26.2 Å². The lowest BCUT2D eigenvalue weighted by Gasteiger charge is -2.37. The van der Waals surface area contributed by atoms with Gasteiger partial charge in [-0.2, -0.15) is 0 Å². The summed E-state index contributed by atoms with van der Waals surface area (Å²) in [5.74, 6) is -0.255. The monoisotopic (exact) mass is 358 g/mol. The fraction of sp³-hybridized carbons (Fsp3) is 0.722. The normalized spacial score (nSPS) is 14.0. The van der Waals surface area contributed by atoms with Gasteiger partial charge in [-0.25, -0.2) is 0 Å². The predicted molar refractivity (Wildman–Crippen MR) is 98.8 cm³/mol. The lowest BCUT2D eigenvalue weighted by molar-refractivity contribution is -0.139. The van der Waals surface area contributed by atoms with E-state index in [2.05, 4.69) is 26.8 Å². The fourth-order valence-electron chi connectivity index (χ4n) is 2.25. The van der Waals surface area contributed by atoms with E-state index in [0.717, 1.165) is 18.4 Å². The van der Waals surface area contributed by atoms with Gasteiger partial charge in [0.1, 0.15) is 6.61 Å². The highest BCUT2D eigenvalue weighted by Gasteiger charge is 2.51. The second kappa shape index (κ2) is 10.8. The van der Waals surface area contributed by atoms with Crippen LogP contribution in [0.1, 0.15) is 54.4 Å². The van der Waals surface area contributed by atoms with E-state index in [4.69, 9.17) is 18.0 Å². The molecule has 0 heterocycles. The first-order valence-corrected chi connectivity index (χ1v) is 9.99. The van der Waals surface area contributed by atoms with E-state index in [1.54, 1.807) is 14.2 Å². The number of carbonyl (C=O) groups excluding carboxylic acids is 1. The number of ether oxygens (including phenoxy) is 1. The zero-order chi connectivity index (χ0) is 18.8. The third-order valence-electron chi connectivity index (χ3n) is 3.70. The Labute approximate surface area is 148 Å². The van der Waals surface area contributed by atoms with Crippen LogP contribution in [0.15, 0.2) is 23.3 Å². The summed E-state index contributed by atoms with van der Waals surface area (Å²) in [4.78, 5) is 10.7. The minimum absolute atomic E-state index is 0.174. The highest BCUT2D eigenvalue weighted by atomic mass is 28.4. The number of esters is 1. The maximum absolute atomic E-state index is 10.7. The molecule has 0 aliphatic heterocycles. The fourth-order valence-corrected chi connectivity index (χ4v) is 4.73. The van der Waals surface area contributed by atoms with Crippen molar-refractivity contribution in [2.45, 2.75) is 59.4 Å². The van der Waals surface area contributed by atoms with Crippen molar-refractivity contribution in [1.82, 2.24) is 0 Å². The third kappa shape index (κ3) is 8.24. The van der Waals surface area contributed by atoms with Gasteiger partial charge in [-0.3, -0.25) is 4.79 Å². The standard InChI is InChI=1S/C18H34O5Si/c1-15(12-13-22-17(3)19)10-9-11-16(2)14-23-24(20-7,21-8)18(4,5)6/h11-12H,9-10,13-14H2,1-8H3. The van der Waals surface area contributed by atoms with E-state index in [0.29, 0.717) is 13.2 Å². The summed E-state index contributed by atoms with van der Waals surface area (Å²) in [6.07, 6.45) is 5.95. The number of carbonyl (C=O) groups is 1. The summed E-state index contributed by atoms with van der Waals surface area (Å²) >= 11 is 0. The van der Waals surface area contributed by atoms with Gasteiger partial charge in [0.2, 0.25) is 0 Å². The molecule has 0 aromatic carbocycles. The van der Waals surface area contributed by atoms with Crippen molar-refractivity contribution in [3.63, 3.8) is 0 Å². The summed E-state index contributed by atoms with van der Waals surface area (Å²) in [7, 11) is 0.602. The number of rotatable bonds is 10. The molecule has 0 atom stereocenters. The molecule has 0 unspecified atom stereocenters. The molecule has 0 fully saturated rings. The summed E-state index contributed by atoms with van der Waals surface area (Å²) in [6.45, 7) is 12.6. The Morgan fingerprint density at radius 1 is 1.00 bits per heavy atom. The summed E-state index contributed by atoms with van der Waals surface area (Å²) in [6, 6.07) is 0. The Morgan fingerprint density at radius 3 is 2.04 bits per heavy atom. The Hall–Kier alpha value is -0.953. The average Bonchev–Trinajstić information content (AvgIpc) is 2.47.